The summed E-state index contributed by atoms with van der Waals surface area (Å²) < 4.78 is 5.04. The Morgan fingerprint density at radius 3 is 2.44 bits per heavy atom. The topological polar surface area (TPSA) is 75.6 Å². The van der Waals surface area contributed by atoms with Crippen molar-refractivity contribution in [2.75, 3.05) is 12.4 Å². The first-order valence-corrected chi connectivity index (χ1v) is 5.48. The molecule has 0 bridgehead atoms. The minimum atomic E-state index is -1.02. The van der Waals surface area contributed by atoms with Gasteiger partial charge in [-0.3, -0.25) is 4.79 Å². The molecule has 0 radical (unpaired) electrons. The zero-order chi connectivity index (χ0) is 13.9. The highest BCUT2D eigenvalue weighted by Crippen LogP contribution is 2.18. The lowest BCUT2D eigenvalue weighted by atomic mass is 10.1. The van der Waals surface area contributed by atoms with Crippen LogP contribution in [-0.4, -0.2) is 29.7 Å². The molecule has 0 aliphatic rings. The summed E-state index contributed by atoms with van der Waals surface area (Å²) in [5.74, 6) is -1.35. The van der Waals surface area contributed by atoms with Crippen LogP contribution >= 0.6 is 0 Å². The highest BCUT2D eigenvalue weighted by molar-refractivity contribution is 5.98. The van der Waals surface area contributed by atoms with Crippen molar-refractivity contribution >= 4 is 17.6 Å². The molecule has 0 spiro atoms. The van der Waals surface area contributed by atoms with E-state index in [-0.39, 0.29) is 11.5 Å². The van der Waals surface area contributed by atoms with Gasteiger partial charge in [0.15, 0.2) is 0 Å². The Morgan fingerprint density at radius 1 is 1.33 bits per heavy atom. The molecular formula is C13H17NO4. The average molecular weight is 251 g/mol. The standard InChI is InChI=1S/C13H17NO4/c1-8-5-6-9(7-10(8)11(15)16)14-12(17)13(2,3)18-4/h5-7H,1-4H3,(H,14,17)(H,15,16). The molecule has 1 rings (SSSR count). The van der Waals surface area contributed by atoms with E-state index < -0.39 is 11.6 Å². The van der Waals surface area contributed by atoms with E-state index in [9.17, 15) is 9.59 Å². The highest BCUT2D eigenvalue weighted by atomic mass is 16.5. The third-order valence-electron chi connectivity index (χ3n) is 2.78. The van der Waals surface area contributed by atoms with Crippen LogP contribution in [0.2, 0.25) is 0 Å². The smallest absolute Gasteiger partial charge is 0.336 e. The summed E-state index contributed by atoms with van der Waals surface area (Å²) in [4.78, 5) is 22.8. The number of hydrogen-bond donors (Lipinski definition) is 2. The van der Waals surface area contributed by atoms with Crippen molar-refractivity contribution in [3.63, 3.8) is 0 Å². The lowest BCUT2D eigenvalue weighted by molar-refractivity contribution is -0.133. The number of carboxylic acid groups (broad SMARTS) is 1. The monoisotopic (exact) mass is 251 g/mol. The van der Waals surface area contributed by atoms with E-state index in [4.69, 9.17) is 9.84 Å². The van der Waals surface area contributed by atoms with Crippen LogP contribution < -0.4 is 5.32 Å². The number of carbonyl (C=O) groups excluding carboxylic acids is 1. The summed E-state index contributed by atoms with van der Waals surface area (Å²) in [6, 6.07) is 4.74. The number of aromatic carboxylic acids is 1. The molecule has 0 heterocycles. The van der Waals surface area contributed by atoms with Crippen LogP contribution in [0.4, 0.5) is 5.69 Å². The van der Waals surface area contributed by atoms with E-state index in [2.05, 4.69) is 5.32 Å². The molecule has 18 heavy (non-hydrogen) atoms. The Balaban J connectivity index is 2.96. The molecular weight excluding hydrogens is 234 g/mol. The van der Waals surface area contributed by atoms with E-state index in [1.807, 2.05) is 0 Å². The Hall–Kier alpha value is -1.88. The molecule has 0 saturated carbocycles. The van der Waals surface area contributed by atoms with Crippen molar-refractivity contribution in [3.05, 3.63) is 29.3 Å². The second kappa shape index (κ2) is 5.18. The quantitative estimate of drug-likeness (QED) is 0.858. The van der Waals surface area contributed by atoms with Gasteiger partial charge in [-0.25, -0.2) is 4.79 Å². The molecule has 1 aromatic carbocycles. The summed E-state index contributed by atoms with van der Waals surface area (Å²) in [5, 5.41) is 11.6. The molecule has 2 N–H and O–H groups in total. The van der Waals surface area contributed by atoms with Gasteiger partial charge >= 0.3 is 5.97 Å². The maximum absolute atomic E-state index is 11.8. The van der Waals surface area contributed by atoms with Gasteiger partial charge in [0.05, 0.1) is 5.56 Å². The number of hydrogen-bond acceptors (Lipinski definition) is 3. The third kappa shape index (κ3) is 3.07. The van der Waals surface area contributed by atoms with Crippen molar-refractivity contribution in [1.82, 2.24) is 0 Å². The van der Waals surface area contributed by atoms with E-state index >= 15 is 0 Å². The number of nitrogens with one attached hydrogen (secondary N) is 1. The number of amides is 1. The van der Waals surface area contributed by atoms with Gasteiger partial charge in [-0.15, -0.1) is 0 Å². The fraction of sp³-hybridized carbons (Fsp3) is 0.385. The molecule has 0 aliphatic carbocycles. The first-order valence-electron chi connectivity index (χ1n) is 5.48. The largest absolute Gasteiger partial charge is 0.478 e. The van der Waals surface area contributed by atoms with E-state index in [1.54, 1.807) is 32.9 Å². The van der Waals surface area contributed by atoms with Crippen LogP contribution in [0.25, 0.3) is 0 Å². The van der Waals surface area contributed by atoms with Crippen LogP contribution in [0.5, 0.6) is 0 Å². The zero-order valence-corrected chi connectivity index (χ0v) is 10.9. The molecule has 0 aromatic heterocycles. The van der Waals surface area contributed by atoms with E-state index in [0.717, 1.165) is 0 Å². The molecule has 0 unspecified atom stereocenters. The highest BCUT2D eigenvalue weighted by Gasteiger charge is 2.27. The normalized spacial score (nSPS) is 11.1. The molecule has 98 valence electrons. The molecule has 0 atom stereocenters. The van der Waals surface area contributed by atoms with Gasteiger partial charge in [-0.05, 0) is 38.5 Å². The van der Waals surface area contributed by atoms with E-state index in [0.29, 0.717) is 11.3 Å². The molecule has 1 amide bonds. The third-order valence-corrected chi connectivity index (χ3v) is 2.78. The van der Waals surface area contributed by atoms with Crippen molar-refractivity contribution in [3.8, 4) is 0 Å². The van der Waals surface area contributed by atoms with Gasteiger partial charge in [0.25, 0.3) is 5.91 Å². The molecule has 0 fully saturated rings. The predicted octanol–water partition coefficient (Wildman–Crippen LogP) is 2.06. The molecule has 0 aliphatic heterocycles. The van der Waals surface area contributed by atoms with Gasteiger partial charge in [0, 0.05) is 12.8 Å². The minimum absolute atomic E-state index is 0.169. The molecule has 1 aromatic rings. The van der Waals surface area contributed by atoms with Gasteiger partial charge in [0.1, 0.15) is 5.60 Å². The first-order chi connectivity index (χ1) is 8.27. The Bertz CT molecular complexity index is 480. The second-order valence-electron chi connectivity index (χ2n) is 4.50. The Labute approximate surface area is 106 Å². The molecule has 5 nitrogen and oxygen atoms in total. The predicted molar refractivity (Wildman–Crippen MR) is 67.9 cm³/mol. The summed E-state index contributed by atoms with van der Waals surface area (Å²) in [6.45, 7) is 4.97. The number of carboxylic acids is 1. The van der Waals surface area contributed by atoms with Gasteiger partial charge < -0.3 is 15.2 Å². The maximum Gasteiger partial charge on any atom is 0.336 e. The second-order valence-corrected chi connectivity index (χ2v) is 4.50. The summed E-state index contributed by atoms with van der Waals surface area (Å²) in [7, 11) is 1.44. The molecule has 0 saturated heterocycles. The lowest BCUT2D eigenvalue weighted by Gasteiger charge is -2.21. The number of methoxy groups -OCH3 is 1. The van der Waals surface area contributed by atoms with Crippen molar-refractivity contribution in [2.24, 2.45) is 0 Å². The SMILES string of the molecule is COC(C)(C)C(=O)Nc1ccc(C)c(C(=O)O)c1. The van der Waals surface area contributed by atoms with Crippen LogP contribution in [0.3, 0.4) is 0 Å². The van der Waals surface area contributed by atoms with Crippen LogP contribution in [0.15, 0.2) is 18.2 Å². The van der Waals surface area contributed by atoms with Gasteiger partial charge in [-0.2, -0.15) is 0 Å². The summed E-state index contributed by atoms with van der Waals surface area (Å²) >= 11 is 0. The Kier molecular flexibility index (Phi) is 4.08. The first kappa shape index (κ1) is 14.2. The minimum Gasteiger partial charge on any atom is -0.478 e. The lowest BCUT2D eigenvalue weighted by Crippen LogP contribution is -2.38. The van der Waals surface area contributed by atoms with Crippen LogP contribution in [0.1, 0.15) is 29.8 Å². The zero-order valence-electron chi connectivity index (χ0n) is 10.9. The number of benzene rings is 1. The number of anilines is 1. The van der Waals surface area contributed by atoms with Crippen molar-refractivity contribution in [2.45, 2.75) is 26.4 Å². The van der Waals surface area contributed by atoms with Gasteiger partial charge in [0.2, 0.25) is 0 Å². The number of carbonyl (C=O) groups is 2. The summed E-state index contributed by atoms with van der Waals surface area (Å²) in [6.07, 6.45) is 0. The summed E-state index contributed by atoms with van der Waals surface area (Å²) in [5.41, 5.74) is 0.288. The number of rotatable bonds is 4. The van der Waals surface area contributed by atoms with Crippen LogP contribution in [-0.2, 0) is 9.53 Å². The van der Waals surface area contributed by atoms with E-state index in [1.165, 1.54) is 13.2 Å². The van der Waals surface area contributed by atoms with Gasteiger partial charge in [-0.1, -0.05) is 6.07 Å². The fourth-order valence-electron chi connectivity index (χ4n) is 1.30. The maximum atomic E-state index is 11.8. The Morgan fingerprint density at radius 2 is 1.94 bits per heavy atom. The number of aryl methyl sites for hydroxylation is 1. The average Bonchev–Trinajstić information content (AvgIpc) is 2.31. The number of ether oxygens (including phenoxy) is 1. The van der Waals surface area contributed by atoms with Crippen LogP contribution in [0, 0.1) is 6.92 Å². The van der Waals surface area contributed by atoms with Crippen molar-refractivity contribution < 1.29 is 19.4 Å². The fourth-order valence-corrected chi connectivity index (χ4v) is 1.30. The molecule has 5 heteroatoms. The van der Waals surface area contributed by atoms with Crippen molar-refractivity contribution in [1.29, 1.82) is 0 Å².